The highest BCUT2D eigenvalue weighted by Gasteiger charge is 2.47. The van der Waals surface area contributed by atoms with Crippen LogP contribution in [0.25, 0.3) is 22.3 Å². The number of amides is 8. The number of aromatic nitrogens is 2. The molecule has 5 atom stereocenters. The van der Waals surface area contributed by atoms with Gasteiger partial charge >= 0.3 is 11.9 Å². The van der Waals surface area contributed by atoms with Crippen molar-refractivity contribution in [2.45, 2.75) is 95.4 Å². The molecule has 5 aliphatic rings. The molecule has 5 heterocycles. The van der Waals surface area contributed by atoms with Gasteiger partial charge in [0.2, 0.25) is 35.4 Å². The highest BCUT2D eigenvalue weighted by molar-refractivity contribution is 6.15. The minimum absolute atomic E-state index is 0.0312. The Labute approximate surface area is 454 Å². The lowest BCUT2D eigenvalue weighted by Crippen LogP contribution is -2.56. The van der Waals surface area contributed by atoms with E-state index in [2.05, 4.69) is 37.2 Å². The zero-order chi connectivity index (χ0) is 57.2. The molecular formula is C54H57FN10O15. The van der Waals surface area contributed by atoms with E-state index < -0.39 is 140 Å². The summed E-state index contributed by atoms with van der Waals surface area (Å²) in [5.41, 5.74) is 1.73. The quantitative estimate of drug-likeness (QED) is 0.0205. The number of nitrogens with zero attached hydrogens (tertiary/aromatic N) is 3. The number of hydrogen-bond donors (Lipinski definition) is 9. The summed E-state index contributed by atoms with van der Waals surface area (Å²) in [5.74, 6) is -9.04. The maximum absolute atomic E-state index is 15.5. The minimum atomic E-state index is -2.07. The van der Waals surface area contributed by atoms with Crippen LogP contribution >= 0.6 is 0 Å². The summed E-state index contributed by atoms with van der Waals surface area (Å²) in [6.45, 7) is -0.424. The standard InChI is InChI=1S/C54H57FN10O15/c1-3-54(78)32-16-37-47-30(23-64(37)52(76)31(32)24-79-53(54)77)46-34(12-11-29-26(2)33(55)17-35(62-47)45(29)46)63-51(75)48(28-9-10-28)80-25-60-40(67)20-58-49(73)36(15-27-7-5-4-6-8-27)61-41(68)21-57-39(66)19-59-50(74)38(18-56-22-44(71)72)65-42(69)13-14-43(65)70/h4-8,13-14,16-17,28,34,36,38,48,56,78H,3,9-12,15,18-25H2,1-2H3,(H,57,66)(H,58,73)(H,59,74)(H,60,67)(H,61,68)(H,63,75)(H,71,72)/t34-,36-,38-,48+,54-/m0/s1. The first-order valence-corrected chi connectivity index (χ1v) is 25.9. The Kier molecular flexibility index (Phi) is 16.3. The molecule has 0 radical (unpaired) electrons. The molecule has 1 fully saturated rings. The predicted octanol–water partition coefficient (Wildman–Crippen LogP) is -1.46. The Hall–Kier alpha value is -8.75. The maximum atomic E-state index is 15.5. The number of rotatable bonds is 23. The summed E-state index contributed by atoms with van der Waals surface area (Å²) >= 11 is 0. The number of fused-ring (bicyclic) bond motifs is 5. The fraction of sp³-hybridized carbons (Fsp3) is 0.407. The Morgan fingerprint density at radius 1 is 0.850 bits per heavy atom. The lowest BCUT2D eigenvalue weighted by molar-refractivity contribution is -0.172. The van der Waals surface area contributed by atoms with Crippen molar-refractivity contribution in [2.75, 3.05) is 39.5 Å². The van der Waals surface area contributed by atoms with Gasteiger partial charge in [-0.15, -0.1) is 0 Å². The van der Waals surface area contributed by atoms with Crippen LogP contribution in [0, 0.1) is 18.7 Å². The zero-order valence-corrected chi connectivity index (χ0v) is 43.4. The summed E-state index contributed by atoms with van der Waals surface area (Å²) in [6, 6.07) is 8.06. The fourth-order valence-electron chi connectivity index (χ4n) is 10.5. The normalized spacial score (nSPS) is 18.7. The molecular weight excluding hydrogens is 1050 g/mol. The molecule has 25 nitrogen and oxygen atoms in total. The number of esters is 1. The Morgan fingerprint density at radius 2 is 1.54 bits per heavy atom. The zero-order valence-electron chi connectivity index (χ0n) is 43.4. The van der Waals surface area contributed by atoms with Crippen molar-refractivity contribution in [1.82, 2.24) is 51.7 Å². The van der Waals surface area contributed by atoms with Crippen LogP contribution in [-0.4, -0.2) is 142 Å². The van der Waals surface area contributed by atoms with E-state index in [4.69, 9.17) is 19.6 Å². The number of carboxylic acid groups (broad SMARTS) is 1. The van der Waals surface area contributed by atoms with Crippen molar-refractivity contribution in [1.29, 1.82) is 0 Å². The molecule has 26 heteroatoms. The highest BCUT2D eigenvalue weighted by Crippen LogP contribution is 2.46. The molecule has 0 bridgehead atoms. The number of cyclic esters (lactones) is 1. The number of aryl methyl sites for hydroxylation is 1. The number of carbonyl (C=O) groups excluding carboxylic acids is 9. The van der Waals surface area contributed by atoms with Crippen molar-refractivity contribution in [3.05, 3.63) is 110 Å². The van der Waals surface area contributed by atoms with E-state index in [0.717, 1.165) is 17.7 Å². The topological polar surface area (TPSA) is 352 Å². The Balaban J connectivity index is 0.804. The number of carbonyl (C=O) groups is 10. The minimum Gasteiger partial charge on any atom is -0.480 e. The molecule has 9 rings (SSSR count). The van der Waals surface area contributed by atoms with Crippen LogP contribution in [-0.2, 0) is 89.0 Å². The largest absolute Gasteiger partial charge is 0.480 e. The SMILES string of the molecule is CC[C@@]1(O)C(=O)OCc2c1cc1n(c2=O)Cc2c-1nc1cc(F)c(C)c3c1c2[C@@H](NC(=O)[C@H](OCNC(=O)CNC(=O)[C@H](Cc1ccccc1)NC(=O)CNC(=O)CNC(=O)[C@H](CNCC(=O)O)N1C(=O)C=CC1=O)C1CC1)CC3. The number of halogens is 1. The van der Waals surface area contributed by atoms with Crippen LogP contribution in [0.15, 0.2) is 59.4 Å². The summed E-state index contributed by atoms with van der Waals surface area (Å²) in [4.78, 5) is 148. The van der Waals surface area contributed by atoms with E-state index in [1.807, 2.05) is 0 Å². The van der Waals surface area contributed by atoms with Crippen LogP contribution < -0.4 is 42.8 Å². The van der Waals surface area contributed by atoms with Crippen LogP contribution in [0.5, 0.6) is 0 Å². The molecule has 0 unspecified atom stereocenters. The molecule has 2 aromatic carbocycles. The third-order valence-electron chi connectivity index (χ3n) is 14.8. The Bertz CT molecular complexity index is 3350. The first-order valence-electron chi connectivity index (χ1n) is 25.9. The number of benzene rings is 2. The van der Waals surface area contributed by atoms with E-state index in [9.17, 15) is 57.8 Å². The molecule has 1 saturated carbocycles. The van der Waals surface area contributed by atoms with Gasteiger partial charge in [0, 0.05) is 47.7 Å². The van der Waals surface area contributed by atoms with Crippen molar-refractivity contribution in [3.8, 4) is 11.4 Å². The van der Waals surface area contributed by atoms with Crippen LogP contribution in [0.3, 0.4) is 0 Å². The average Bonchev–Trinajstić information content (AvgIpc) is 4.33. The van der Waals surface area contributed by atoms with Crippen molar-refractivity contribution < 1.29 is 72.0 Å². The Morgan fingerprint density at radius 3 is 2.23 bits per heavy atom. The molecule has 9 N–H and O–H groups in total. The number of hydrogen-bond acceptors (Lipinski definition) is 16. The highest BCUT2D eigenvalue weighted by atomic mass is 19.1. The third kappa shape index (κ3) is 11.5. The maximum Gasteiger partial charge on any atom is 0.343 e. The third-order valence-corrected chi connectivity index (χ3v) is 14.8. The number of imide groups is 1. The van der Waals surface area contributed by atoms with E-state index in [1.54, 1.807) is 50.2 Å². The number of aliphatic hydroxyl groups is 1. The second kappa shape index (κ2) is 23.3. The van der Waals surface area contributed by atoms with Crippen molar-refractivity contribution in [3.63, 3.8) is 0 Å². The van der Waals surface area contributed by atoms with Gasteiger partial charge in [-0.05, 0) is 73.3 Å². The van der Waals surface area contributed by atoms with Gasteiger partial charge in [-0.2, -0.15) is 0 Å². The fourth-order valence-corrected chi connectivity index (χ4v) is 10.5. The molecule has 80 heavy (non-hydrogen) atoms. The smallest absolute Gasteiger partial charge is 0.343 e. The lowest BCUT2D eigenvalue weighted by atomic mass is 9.81. The predicted molar refractivity (Wildman–Crippen MR) is 275 cm³/mol. The van der Waals surface area contributed by atoms with Gasteiger partial charge in [0.15, 0.2) is 5.60 Å². The molecule has 4 aromatic rings. The molecule has 2 aromatic heterocycles. The van der Waals surface area contributed by atoms with Crippen molar-refractivity contribution in [2.24, 2.45) is 5.92 Å². The van der Waals surface area contributed by atoms with Crippen LogP contribution in [0.4, 0.5) is 4.39 Å². The summed E-state index contributed by atoms with van der Waals surface area (Å²) in [5, 5.41) is 38.7. The van der Waals surface area contributed by atoms with Crippen molar-refractivity contribution >= 4 is 70.1 Å². The molecule has 420 valence electrons. The second-order valence-corrected chi connectivity index (χ2v) is 20.0. The monoisotopic (exact) mass is 1100 g/mol. The summed E-state index contributed by atoms with van der Waals surface area (Å²) in [6.07, 6.45) is 2.83. The number of pyridine rings is 2. The van der Waals surface area contributed by atoms with Gasteiger partial charge in [0.05, 0.1) is 61.2 Å². The number of carboxylic acids is 1. The summed E-state index contributed by atoms with van der Waals surface area (Å²) in [7, 11) is 0. The van der Waals surface area contributed by atoms with Gasteiger partial charge in [-0.25, -0.2) is 14.2 Å². The van der Waals surface area contributed by atoms with Gasteiger partial charge in [0.25, 0.3) is 17.4 Å². The molecule has 8 amide bonds. The van der Waals surface area contributed by atoms with Crippen LogP contribution in [0.2, 0.25) is 0 Å². The second-order valence-electron chi connectivity index (χ2n) is 20.0. The lowest BCUT2D eigenvalue weighted by Gasteiger charge is -2.31. The number of aliphatic carboxylic acids is 1. The van der Waals surface area contributed by atoms with E-state index >= 15 is 4.39 Å². The number of nitrogens with one attached hydrogen (secondary N) is 7. The molecule has 3 aliphatic heterocycles. The van der Waals surface area contributed by atoms with E-state index in [0.29, 0.717) is 75.1 Å². The first kappa shape index (κ1) is 56.0. The van der Waals surface area contributed by atoms with Crippen LogP contribution in [0.1, 0.15) is 77.6 Å². The van der Waals surface area contributed by atoms with Gasteiger partial charge < -0.3 is 61.5 Å². The van der Waals surface area contributed by atoms with Gasteiger partial charge in [-0.3, -0.25) is 52.8 Å². The number of ether oxygens (including phenoxy) is 2. The average molecular weight is 1110 g/mol. The van der Waals surface area contributed by atoms with E-state index in [1.165, 1.54) is 10.6 Å². The molecule has 0 spiro atoms. The van der Waals surface area contributed by atoms with Gasteiger partial charge in [-0.1, -0.05) is 37.3 Å². The van der Waals surface area contributed by atoms with Gasteiger partial charge in [0.1, 0.15) is 37.3 Å². The summed E-state index contributed by atoms with van der Waals surface area (Å²) < 4.78 is 28.2. The molecule has 0 saturated heterocycles. The first-order chi connectivity index (χ1) is 38.3. The molecule has 2 aliphatic carbocycles. The van der Waals surface area contributed by atoms with E-state index in [-0.39, 0.29) is 43.0 Å².